The second-order valence-corrected chi connectivity index (χ2v) is 14.1. The van der Waals surface area contributed by atoms with Crippen LogP contribution in [0.25, 0.3) is 0 Å². The average molecular weight is 613 g/mol. The molecule has 0 rings (SSSR count). The van der Waals surface area contributed by atoms with E-state index in [2.05, 4.69) is 43.1 Å². The summed E-state index contributed by atoms with van der Waals surface area (Å²) >= 11 is 0. The van der Waals surface area contributed by atoms with Gasteiger partial charge in [-0.1, -0.05) is 109 Å². The van der Waals surface area contributed by atoms with Crippen molar-refractivity contribution in [2.75, 3.05) is 46.1 Å². The third-order valence-electron chi connectivity index (χ3n) is 7.59. The predicted molar refractivity (Wildman–Crippen MR) is 181 cm³/mol. The molecule has 0 aromatic heterocycles. The van der Waals surface area contributed by atoms with E-state index in [0.29, 0.717) is 19.6 Å². The van der Waals surface area contributed by atoms with Gasteiger partial charge in [-0.3, -0.25) is 4.79 Å². The molecule has 42 heavy (non-hydrogen) atoms. The van der Waals surface area contributed by atoms with Crippen LogP contribution in [0.1, 0.15) is 149 Å². The van der Waals surface area contributed by atoms with Crippen molar-refractivity contribution in [3.05, 3.63) is 24.3 Å². The van der Waals surface area contributed by atoms with Gasteiger partial charge in [0.05, 0.1) is 18.8 Å². The van der Waals surface area contributed by atoms with Crippen LogP contribution in [0.15, 0.2) is 24.3 Å². The number of allylic oxidation sites excluding steroid dienone is 4. The van der Waals surface area contributed by atoms with E-state index in [-0.39, 0.29) is 24.7 Å². The van der Waals surface area contributed by atoms with Gasteiger partial charge in [-0.15, -0.1) is 0 Å². The summed E-state index contributed by atoms with van der Waals surface area (Å²) in [6.45, 7) is 6.49. The van der Waals surface area contributed by atoms with Crippen molar-refractivity contribution in [1.82, 2.24) is 9.21 Å². The zero-order chi connectivity index (χ0) is 31.2. The molecule has 0 aromatic rings. The molecule has 0 aliphatic carbocycles. The number of esters is 1. The first kappa shape index (κ1) is 40.8. The number of carbonyl (C=O) groups excluding carboxylic acids is 1. The van der Waals surface area contributed by atoms with E-state index >= 15 is 0 Å². The van der Waals surface area contributed by atoms with Crippen molar-refractivity contribution in [3.8, 4) is 0 Å². The maximum absolute atomic E-state index is 13.0. The summed E-state index contributed by atoms with van der Waals surface area (Å²) in [5.41, 5.74) is 0. The quantitative estimate of drug-likeness (QED) is 0.0444. The fourth-order valence-electron chi connectivity index (χ4n) is 4.86. The Hall–Kier alpha value is -1.18. The Balaban J connectivity index is 4.07. The van der Waals surface area contributed by atoms with Gasteiger partial charge >= 0.3 is 5.97 Å². The standard InChI is InChI=1S/C35H68N2O4S/c1-5-7-9-11-13-14-15-16-17-18-19-20-21-22-23-27-33-41-35(38)29-32-37(31-26-25-30-36(3)4)42(39,40)34-28-24-12-10-8-6-2/h13-14,16-17H,5-12,15,18-34H2,1-4H3/b14-13-,17-16-. The Morgan fingerprint density at radius 3 is 1.79 bits per heavy atom. The number of carbonyl (C=O) groups is 1. The van der Waals surface area contributed by atoms with Gasteiger partial charge in [0.2, 0.25) is 10.0 Å². The van der Waals surface area contributed by atoms with Crippen LogP contribution in [0.2, 0.25) is 0 Å². The lowest BCUT2D eigenvalue weighted by Gasteiger charge is -2.22. The summed E-state index contributed by atoms with van der Waals surface area (Å²) in [6.07, 6.45) is 31.5. The highest BCUT2D eigenvalue weighted by Gasteiger charge is 2.22. The molecule has 0 radical (unpaired) electrons. The summed E-state index contributed by atoms with van der Waals surface area (Å²) in [5.74, 6) is -0.111. The van der Waals surface area contributed by atoms with E-state index < -0.39 is 10.0 Å². The van der Waals surface area contributed by atoms with E-state index in [9.17, 15) is 13.2 Å². The zero-order valence-electron chi connectivity index (χ0n) is 28.1. The van der Waals surface area contributed by atoms with Gasteiger partial charge in [0.25, 0.3) is 0 Å². The molecule has 0 aromatic carbocycles. The van der Waals surface area contributed by atoms with Crippen LogP contribution in [0.3, 0.4) is 0 Å². The summed E-state index contributed by atoms with van der Waals surface area (Å²) in [7, 11) is 0.693. The minimum atomic E-state index is -3.36. The van der Waals surface area contributed by atoms with Crippen LogP contribution in [-0.4, -0.2) is 69.7 Å². The number of nitrogens with zero attached hydrogens (tertiary/aromatic N) is 2. The minimum absolute atomic E-state index is 0.131. The van der Waals surface area contributed by atoms with Crippen molar-refractivity contribution in [2.45, 2.75) is 149 Å². The first-order valence-corrected chi connectivity index (χ1v) is 19.0. The van der Waals surface area contributed by atoms with E-state index in [1.54, 1.807) is 0 Å². The second-order valence-electron chi connectivity index (χ2n) is 12.0. The molecule has 0 fully saturated rings. The highest BCUT2D eigenvalue weighted by molar-refractivity contribution is 7.89. The molecule has 6 nitrogen and oxygen atoms in total. The molecule has 0 aliphatic rings. The molecule has 0 unspecified atom stereocenters. The van der Waals surface area contributed by atoms with Crippen molar-refractivity contribution in [3.63, 3.8) is 0 Å². The van der Waals surface area contributed by atoms with Crippen LogP contribution in [0.5, 0.6) is 0 Å². The third kappa shape index (κ3) is 27.6. The van der Waals surface area contributed by atoms with Crippen LogP contribution in [0.4, 0.5) is 0 Å². The second kappa shape index (κ2) is 29.9. The van der Waals surface area contributed by atoms with Gasteiger partial charge in [-0.2, -0.15) is 0 Å². The summed E-state index contributed by atoms with van der Waals surface area (Å²) < 4.78 is 33.1. The van der Waals surface area contributed by atoms with E-state index in [1.807, 2.05) is 14.1 Å². The molecule has 0 amide bonds. The smallest absolute Gasteiger partial charge is 0.307 e. The average Bonchev–Trinajstić information content (AvgIpc) is 2.95. The highest BCUT2D eigenvalue weighted by atomic mass is 32.2. The Labute approximate surface area is 261 Å². The SMILES string of the molecule is CCCCC/C=C\C/C=C\CCCCCCCCOC(=O)CCN(CCCCN(C)C)S(=O)(=O)CCCCCCCC. The van der Waals surface area contributed by atoms with Gasteiger partial charge in [-0.25, -0.2) is 12.7 Å². The predicted octanol–water partition coefficient (Wildman–Crippen LogP) is 9.07. The summed E-state index contributed by atoms with van der Waals surface area (Å²) in [4.78, 5) is 14.5. The first-order chi connectivity index (χ1) is 20.3. The number of unbranched alkanes of at least 4 members (excludes halogenated alkanes) is 15. The van der Waals surface area contributed by atoms with Gasteiger partial charge in [0.1, 0.15) is 0 Å². The van der Waals surface area contributed by atoms with Crippen LogP contribution >= 0.6 is 0 Å². The summed E-state index contributed by atoms with van der Waals surface area (Å²) in [5, 5.41) is 0. The lowest BCUT2D eigenvalue weighted by Crippen LogP contribution is -2.36. The first-order valence-electron chi connectivity index (χ1n) is 17.4. The molecular formula is C35H68N2O4S. The van der Waals surface area contributed by atoms with Crippen LogP contribution in [-0.2, 0) is 19.6 Å². The fourth-order valence-corrected chi connectivity index (χ4v) is 6.47. The number of hydrogen-bond donors (Lipinski definition) is 0. The monoisotopic (exact) mass is 612 g/mol. The number of rotatable bonds is 31. The molecule has 0 saturated heterocycles. The largest absolute Gasteiger partial charge is 0.466 e. The van der Waals surface area contributed by atoms with E-state index in [4.69, 9.17) is 4.74 Å². The van der Waals surface area contributed by atoms with Crippen molar-refractivity contribution in [1.29, 1.82) is 0 Å². The number of ether oxygens (including phenoxy) is 1. The third-order valence-corrected chi connectivity index (χ3v) is 9.54. The molecule has 0 aliphatic heterocycles. The topological polar surface area (TPSA) is 66.9 Å². The Kier molecular flexibility index (Phi) is 29.0. The maximum Gasteiger partial charge on any atom is 0.307 e. The normalized spacial score (nSPS) is 12.4. The van der Waals surface area contributed by atoms with Crippen molar-refractivity contribution < 1.29 is 17.9 Å². The van der Waals surface area contributed by atoms with Crippen LogP contribution in [0, 0.1) is 0 Å². The van der Waals surface area contributed by atoms with Crippen LogP contribution < -0.4 is 0 Å². The van der Waals surface area contributed by atoms with Gasteiger partial charge in [-0.05, 0) is 78.4 Å². The molecule has 0 bridgehead atoms. The lowest BCUT2D eigenvalue weighted by atomic mass is 10.1. The van der Waals surface area contributed by atoms with Gasteiger partial charge < -0.3 is 9.64 Å². The van der Waals surface area contributed by atoms with Gasteiger partial charge in [0.15, 0.2) is 0 Å². The Morgan fingerprint density at radius 1 is 0.619 bits per heavy atom. The molecule has 0 heterocycles. The molecule has 248 valence electrons. The van der Waals surface area contributed by atoms with E-state index in [1.165, 1.54) is 74.9 Å². The van der Waals surface area contributed by atoms with Crippen molar-refractivity contribution in [2.24, 2.45) is 0 Å². The molecule has 0 atom stereocenters. The zero-order valence-corrected chi connectivity index (χ0v) is 28.9. The number of sulfonamides is 1. The molecule has 0 N–H and O–H groups in total. The van der Waals surface area contributed by atoms with Crippen molar-refractivity contribution >= 4 is 16.0 Å². The van der Waals surface area contributed by atoms with E-state index in [0.717, 1.165) is 57.9 Å². The molecule has 0 spiro atoms. The molecule has 0 saturated carbocycles. The lowest BCUT2D eigenvalue weighted by molar-refractivity contribution is -0.143. The minimum Gasteiger partial charge on any atom is -0.466 e. The highest BCUT2D eigenvalue weighted by Crippen LogP contribution is 2.13. The maximum atomic E-state index is 13.0. The Bertz CT molecular complexity index is 765. The van der Waals surface area contributed by atoms with Gasteiger partial charge in [0, 0.05) is 13.1 Å². The summed E-state index contributed by atoms with van der Waals surface area (Å²) in [6, 6.07) is 0. The molecule has 7 heteroatoms. The number of hydrogen-bond acceptors (Lipinski definition) is 5. The Morgan fingerprint density at radius 2 is 1.14 bits per heavy atom. The fraction of sp³-hybridized carbons (Fsp3) is 0.857. The molecular weight excluding hydrogens is 544 g/mol.